The predicted molar refractivity (Wildman–Crippen MR) is 186 cm³/mol. The molecule has 2 amide bonds. The number of carbonyl (C=O) groups is 2. The highest BCUT2D eigenvalue weighted by atomic mass is 79.9. The van der Waals surface area contributed by atoms with Gasteiger partial charge in [-0.2, -0.15) is 0 Å². The van der Waals surface area contributed by atoms with Crippen LogP contribution in [-0.2, 0) is 32.6 Å². The molecule has 10 heteroatoms. The van der Waals surface area contributed by atoms with Crippen molar-refractivity contribution >= 4 is 59.4 Å². The van der Waals surface area contributed by atoms with Gasteiger partial charge in [-0.3, -0.25) is 13.9 Å². The molecule has 0 fully saturated rings. The van der Waals surface area contributed by atoms with E-state index in [4.69, 9.17) is 0 Å². The van der Waals surface area contributed by atoms with E-state index in [1.807, 2.05) is 75.4 Å². The van der Waals surface area contributed by atoms with Gasteiger partial charge in [0.1, 0.15) is 12.6 Å². The fourth-order valence-corrected chi connectivity index (χ4v) is 6.68. The number of nitrogens with zero attached hydrogens (tertiary/aromatic N) is 2. The highest BCUT2D eigenvalue weighted by Crippen LogP contribution is 2.27. The molecule has 0 spiro atoms. The number of benzene rings is 4. The molecule has 7 nitrogen and oxygen atoms in total. The standard InChI is InChI=1S/C35H37Br2N3O4S/c1-25(2)22-38-35(42)33(21-27-7-5-4-6-8-27)39(23-28-11-13-29(36)14-12-28)34(41)24-40(31-17-15-30(37)16-18-31)45(43,44)32-19-9-26(3)10-20-32/h4-20,25,33H,21-24H2,1-3H3,(H,38,42). The largest absolute Gasteiger partial charge is 0.354 e. The zero-order chi connectivity index (χ0) is 32.6. The van der Waals surface area contributed by atoms with Gasteiger partial charge in [0.2, 0.25) is 11.8 Å². The molecule has 4 rings (SSSR count). The summed E-state index contributed by atoms with van der Waals surface area (Å²) in [5.41, 5.74) is 2.93. The summed E-state index contributed by atoms with van der Waals surface area (Å²) in [7, 11) is -4.15. The van der Waals surface area contributed by atoms with Crippen LogP contribution in [0.1, 0.15) is 30.5 Å². The van der Waals surface area contributed by atoms with Crippen LogP contribution in [0.5, 0.6) is 0 Å². The lowest BCUT2D eigenvalue weighted by molar-refractivity contribution is -0.140. The second kappa shape index (κ2) is 15.7. The van der Waals surface area contributed by atoms with E-state index in [0.29, 0.717) is 12.2 Å². The molecular formula is C35H37Br2N3O4S. The third-order valence-corrected chi connectivity index (χ3v) is 10.1. The van der Waals surface area contributed by atoms with E-state index in [1.165, 1.54) is 17.0 Å². The summed E-state index contributed by atoms with van der Waals surface area (Å²) in [6.45, 7) is 5.93. The van der Waals surface area contributed by atoms with Crippen LogP contribution in [0.25, 0.3) is 0 Å². The quantitative estimate of drug-likeness (QED) is 0.158. The molecule has 0 aliphatic rings. The summed E-state index contributed by atoms with van der Waals surface area (Å²) in [4.78, 5) is 29.9. The number of amides is 2. The lowest BCUT2D eigenvalue weighted by Gasteiger charge is -2.34. The van der Waals surface area contributed by atoms with Crippen LogP contribution < -0.4 is 9.62 Å². The summed E-state index contributed by atoms with van der Waals surface area (Å²) < 4.78 is 31.0. The Morgan fingerprint density at radius 1 is 0.778 bits per heavy atom. The van der Waals surface area contributed by atoms with Crippen LogP contribution in [0.3, 0.4) is 0 Å². The number of halogens is 2. The van der Waals surface area contributed by atoms with Crippen LogP contribution in [0.15, 0.2) is 117 Å². The number of hydrogen-bond donors (Lipinski definition) is 1. The van der Waals surface area contributed by atoms with E-state index >= 15 is 0 Å². The Hall–Kier alpha value is -3.47. The molecule has 0 saturated carbocycles. The molecule has 4 aromatic rings. The van der Waals surface area contributed by atoms with Gasteiger partial charge in [-0.1, -0.05) is 106 Å². The average Bonchev–Trinajstić information content (AvgIpc) is 3.02. The first-order chi connectivity index (χ1) is 21.4. The first-order valence-electron chi connectivity index (χ1n) is 14.6. The molecule has 0 heterocycles. The molecular weight excluding hydrogens is 718 g/mol. The molecule has 1 unspecified atom stereocenters. The summed E-state index contributed by atoms with van der Waals surface area (Å²) in [6.07, 6.45) is 0.260. The molecule has 0 radical (unpaired) electrons. The van der Waals surface area contributed by atoms with E-state index in [1.54, 1.807) is 36.4 Å². The van der Waals surface area contributed by atoms with Gasteiger partial charge in [-0.15, -0.1) is 0 Å². The number of anilines is 1. The first-order valence-corrected chi connectivity index (χ1v) is 17.7. The fourth-order valence-electron chi connectivity index (χ4n) is 4.74. The Morgan fingerprint density at radius 2 is 1.36 bits per heavy atom. The fraction of sp³-hybridized carbons (Fsp3) is 0.257. The second-order valence-electron chi connectivity index (χ2n) is 11.3. The SMILES string of the molecule is Cc1ccc(S(=O)(=O)N(CC(=O)N(Cc2ccc(Br)cc2)C(Cc2ccccc2)C(=O)NCC(C)C)c2ccc(Br)cc2)cc1. The van der Waals surface area contributed by atoms with Crippen molar-refractivity contribution in [2.75, 3.05) is 17.4 Å². The zero-order valence-corrected chi connectivity index (χ0v) is 29.5. The van der Waals surface area contributed by atoms with Crippen LogP contribution in [0.4, 0.5) is 5.69 Å². The number of sulfonamides is 1. The monoisotopic (exact) mass is 753 g/mol. The maximum Gasteiger partial charge on any atom is 0.264 e. The smallest absolute Gasteiger partial charge is 0.264 e. The van der Waals surface area contributed by atoms with Gasteiger partial charge in [0.05, 0.1) is 10.6 Å². The highest BCUT2D eigenvalue weighted by molar-refractivity contribution is 9.10. The van der Waals surface area contributed by atoms with Crippen molar-refractivity contribution in [3.63, 3.8) is 0 Å². The average molecular weight is 756 g/mol. The Bertz CT molecular complexity index is 1680. The second-order valence-corrected chi connectivity index (χ2v) is 15.0. The summed E-state index contributed by atoms with van der Waals surface area (Å²) in [6, 6.07) is 29.4. The van der Waals surface area contributed by atoms with Crippen molar-refractivity contribution in [3.8, 4) is 0 Å². The first kappa shape index (κ1) is 34.4. The Labute approximate surface area is 283 Å². The Balaban J connectivity index is 1.79. The van der Waals surface area contributed by atoms with E-state index in [0.717, 1.165) is 29.9 Å². The maximum atomic E-state index is 14.5. The number of aryl methyl sites for hydroxylation is 1. The van der Waals surface area contributed by atoms with E-state index in [-0.39, 0.29) is 29.7 Å². The Kier molecular flexibility index (Phi) is 12.0. The predicted octanol–water partition coefficient (Wildman–Crippen LogP) is 7.13. The molecule has 1 N–H and O–H groups in total. The zero-order valence-electron chi connectivity index (χ0n) is 25.5. The molecule has 0 aromatic heterocycles. The normalized spacial score (nSPS) is 12.0. The van der Waals surface area contributed by atoms with Gasteiger partial charge in [0.15, 0.2) is 0 Å². The number of hydrogen-bond acceptors (Lipinski definition) is 4. The topological polar surface area (TPSA) is 86.8 Å². The summed E-state index contributed by atoms with van der Waals surface area (Å²) >= 11 is 6.88. The van der Waals surface area contributed by atoms with Gasteiger partial charge in [-0.05, 0) is 72.5 Å². The van der Waals surface area contributed by atoms with Crippen LogP contribution in [0.2, 0.25) is 0 Å². The Morgan fingerprint density at radius 3 is 1.93 bits per heavy atom. The third kappa shape index (κ3) is 9.51. The van der Waals surface area contributed by atoms with Crippen molar-refractivity contribution in [2.45, 2.75) is 44.7 Å². The van der Waals surface area contributed by atoms with Crippen LogP contribution in [-0.4, -0.2) is 44.3 Å². The van der Waals surface area contributed by atoms with Gasteiger partial charge >= 0.3 is 0 Å². The van der Waals surface area contributed by atoms with E-state index in [2.05, 4.69) is 37.2 Å². The minimum Gasteiger partial charge on any atom is -0.354 e. The summed E-state index contributed by atoms with van der Waals surface area (Å²) in [5, 5.41) is 3.01. The molecule has 0 bridgehead atoms. The number of carbonyl (C=O) groups excluding carboxylic acids is 2. The minimum atomic E-state index is -4.15. The molecule has 0 aliphatic heterocycles. The lowest BCUT2D eigenvalue weighted by Crippen LogP contribution is -2.53. The van der Waals surface area contributed by atoms with Gasteiger partial charge in [-0.25, -0.2) is 8.42 Å². The van der Waals surface area contributed by atoms with Crippen molar-refractivity contribution in [2.24, 2.45) is 5.92 Å². The minimum absolute atomic E-state index is 0.0683. The third-order valence-electron chi connectivity index (χ3n) is 7.22. The van der Waals surface area contributed by atoms with Crippen molar-refractivity contribution < 1.29 is 18.0 Å². The molecule has 0 saturated heterocycles. The van der Waals surface area contributed by atoms with Crippen LogP contribution >= 0.6 is 31.9 Å². The number of rotatable bonds is 13. The summed E-state index contributed by atoms with van der Waals surface area (Å²) in [5.74, 6) is -0.596. The van der Waals surface area contributed by atoms with Gasteiger partial charge in [0.25, 0.3) is 10.0 Å². The van der Waals surface area contributed by atoms with E-state index in [9.17, 15) is 18.0 Å². The number of nitrogens with one attached hydrogen (secondary N) is 1. The molecule has 0 aliphatic carbocycles. The molecule has 45 heavy (non-hydrogen) atoms. The maximum absolute atomic E-state index is 14.5. The van der Waals surface area contributed by atoms with E-state index < -0.39 is 28.5 Å². The molecule has 1 atom stereocenters. The lowest BCUT2D eigenvalue weighted by atomic mass is 10.0. The van der Waals surface area contributed by atoms with Gasteiger partial charge in [0, 0.05) is 28.5 Å². The molecule has 4 aromatic carbocycles. The van der Waals surface area contributed by atoms with Crippen LogP contribution in [0, 0.1) is 12.8 Å². The van der Waals surface area contributed by atoms with Gasteiger partial charge < -0.3 is 10.2 Å². The van der Waals surface area contributed by atoms with Crippen molar-refractivity contribution in [1.82, 2.24) is 10.2 Å². The van der Waals surface area contributed by atoms with Crippen molar-refractivity contribution in [1.29, 1.82) is 0 Å². The molecule has 236 valence electrons. The highest BCUT2D eigenvalue weighted by Gasteiger charge is 2.34. The van der Waals surface area contributed by atoms with Crippen molar-refractivity contribution in [3.05, 3.63) is 129 Å².